The Kier molecular flexibility index (Phi) is 7.70. The number of hydrogen-bond acceptors (Lipinski definition) is 7. The lowest BCUT2D eigenvalue weighted by atomic mass is 9.69. The zero-order chi connectivity index (χ0) is 25.8. The van der Waals surface area contributed by atoms with Crippen molar-refractivity contribution in [2.45, 2.75) is 102 Å². The van der Waals surface area contributed by atoms with Crippen LogP contribution in [0.3, 0.4) is 0 Å². The number of rotatable bonds is 9. The van der Waals surface area contributed by atoms with Gasteiger partial charge in [-0.25, -0.2) is 9.78 Å². The molecule has 2 saturated heterocycles. The Morgan fingerprint density at radius 1 is 1.22 bits per heavy atom. The van der Waals surface area contributed by atoms with Gasteiger partial charge in [-0.3, -0.25) is 4.98 Å². The Morgan fingerprint density at radius 3 is 2.64 bits per heavy atom. The number of pyridine rings is 2. The topological polar surface area (TPSA) is 106 Å². The smallest absolute Gasteiger partial charge is 0.408 e. The van der Waals surface area contributed by atoms with Crippen LogP contribution in [0.5, 0.6) is 5.88 Å². The van der Waals surface area contributed by atoms with Gasteiger partial charge < -0.3 is 19.5 Å². The van der Waals surface area contributed by atoms with Gasteiger partial charge in [0.15, 0.2) is 0 Å². The molecule has 0 aromatic carbocycles. The van der Waals surface area contributed by atoms with Crippen molar-refractivity contribution in [2.24, 2.45) is 0 Å². The Morgan fingerprint density at radius 2 is 2.00 bits per heavy atom. The molecule has 0 spiro atoms. The van der Waals surface area contributed by atoms with E-state index in [0.29, 0.717) is 31.1 Å². The molecule has 1 amide bonds. The monoisotopic (exact) mass is 494 g/mol. The second-order valence-corrected chi connectivity index (χ2v) is 11.2. The summed E-state index contributed by atoms with van der Waals surface area (Å²) in [6.45, 7) is 8.85. The van der Waals surface area contributed by atoms with Gasteiger partial charge in [0, 0.05) is 12.3 Å². The number of nitrogens with zero attached hydrogens (tertiary/aromatic N) is 3. The van der Waals surface area contributed by atoms with E-state index in [1.165, 1.54) is 0 Å². The van der Waals surface area contributed by atoms with Crippen LogP contribution in [0.1, 0.15) is 90.2 Å². The first-order valence-corrected chi connectivity index (χ1v) is 13.1. The number of aromatic nitrogens is 2. The zero-order valence-corrected chi connectivity index (χ0v) is 22.0. The average Bonchev–Trinajstić information content (AvgIpc) is 2.85. The maximum atomic E-state index is 12.4. The molecule has 0 radical (unpaired) electrons. The van der Waals surface area contributed by atoms with Gasteiger partial charge in [0.2, 0.25) is 5.88 Å². The lowest BCUT2D eigenvalue weighted by molar-refractivity contribution is -0.163. The van der Waals surface area contributed by atoms with Crippen LogP contribution in [0.15, 0.2) is 18.3 Å². The summed E-state index contributed by atoms with van der Waals surface area (Å²) in [5.74, 6) is 0.569. The van der Waals surface area contributed by atoms with Crippen molar-refractivity contribution in [3.8, 4) is 11.9 Å². The molecule has 3 fully saturated rings. The SMILES string of the molecule is CCCCCOc1ccc2ncc(C#N)c(CCC34CCC(NC(=O)OC(C)(C)C)(CC3)CO4)c2n1. The number of amides is 1. The number of unbranched alkanes of at least 4 members (excludes halogenated alkanes) is 2. The maximum Gasteiger partial charge on any atom is 0.408 e. The van der Waals surface area contributed by atoms with Crippen LogP contribution >= 0.6 is 0 Å². The summed E-state index contributed by atoms with van der Waals surface area (Å²) < 4.78 is 17.7. The molecule has 1 N–H and O–H groups in total. The van der Waals surface area contributed by atoms with E-state index in [2.05, 4.69) is 23.3 Å². The first kappa shape index (κ1) is 26.2. The van der Waals surface area contributed by atoms with Crippen molar-refractivity contribution < 1.29 is 19.0 Å². The number of nitriles is 1. The zero-order valence-electron chi connectivity index (χ0n) is 22.0. The largest absolute Gasteiger partial charge is 0.478 e. The summed E-state index contributed by atoms with van der Waals surface area (Å²) in [6.07, 6.45) is 9.35. The molecule has 1 aliphatic carbocycles. The minimum absolute atomic E-state index is 0.256. The van der Waals surface area contributed by atoms with E-state index in [9.17, 15) is 10.1 Å². The highest BCUT2D eigenvalue weighted by Gasteiger charge is 2.50. The third kappa shape index (κ3) is 6.07. The summed E-state index contributed by atoms with van der Waals surface area (Å²) >= 11 is 0. The van der Waals surface area contributed by atoms with E-state index in [1.807, 2.05) is 32.9 Å². The fourth-order valence-electron chi connectivity index (χ4n) is 5.18. The molecule has 3 aliphatic rings. The van der Waals surface area contributed by atoms with Crippen LogP contribution in [0.2, 0.25) is 0 Å². The first-order chi connectivity index (χ1) is 17.2. The normalized spacial score (nSPS) is 23.3. The highest BCUT2D eigenvalue weighted by molar-refractivity contribution is 5.80. The van der Waals surface area contributed by atoms with Gasteiger partial charge in [-0.15, -0.1) is 0 Å². The van der Waals surface area contributed by atoms with Gasteiger partial charge >= 0.3 is 6.09 Å². The van der Waals surface area contributed by atoms with Crippen LogP contribution in [-0.2, 0) is 15.9 Å². The van der Waals surface area contributed by atoms with Gasteiger partial charge in [-0.05, 0) is 77.3 Å². The standard InChI is InChI=1S/C28H38N4O4/c1-5-6-7-16-34-23-9-8-22-24(31-23)21(20(17-29)18-30-22)10-11-28-14-12-27(13-15-28,19-35-28)32-25(33)36-26(2,3)4/h8-9,18H,5-7,10-16,19H2,1-4H3,(H,32,33). The molecule has 5 rings (SSSR count). The number of ether oxygens (including phenoxy) is 3. The molecule has 8 nitrogen and oxygen atoms in total. The number of aryl methyl sites for hydroxylation is 1. The van der Waals surface area contributed by atoms with E-state index in [0.717, 1.165) is 68.0 Å². The van der Waals surface area contributed by atoms with Crippen LogP contribution in [0, 0.1) is 11.3 Å². The van der Waals surface area contributed by atoms with Gasteiger partial charge in [0.05, 0.1) is 41.0 Å². The Labute approximate surface area is 213 Å². The molecule has 8 heteroatoms. The van der Waals surface area contributed by atoms with E-state index in [4.69, 9.17) is 19.2 Å². The second-order valence-electron chi connectivity index (χ2n) is 11.2. The highest BCUT2D eigenvalue weighted by Crippen LogP contribution is 2.46. The molecule has 2 aromatic rings. The second kappa shape index (κ2) is 10.6. The van der Waals surface area contributed by atoms with Crippen LogP contribution in [0.25, 0.3) is 11.0 Å². The molecular formula is C28H38N4O4. The molecule has 0 unspecified atom stereocenters. The molecule has 4 heterocycles. The summed E-state index contributed by atoms with van der Waals surface area (Å²) in [5, 5.41) is 12.9. The van der Waals surface area contributed by atoms with Gasteiger partial charge in [-0.2, -0.15) is 5.26 Å². The number of hydrogen-bond donors (Lipinski definition) is 1. The van der Waals surface area contributed by atoms with Crippen molar-refractivity contribution in [3.05, 3.63) is 29.5 Å². The van der Waals surface area contributed by atoms with Crippen molar-refractivity contribution in [3.63, 3.8) is 0 Å². The molecule has 2 bridgehead atoms. The minimum atomic E-state index is -0.533. The van der Waals surface area contributed by atoms with Gasteiger partial charge in [0.25, 0.3) is 0 Å². The predicted molar refractivity (Wildman–Crippen MR) is 137 cm³/mol. The van der Waals surface area contributed by atoms with Gasteiger partial charge in [-0.1, -0.05) is 19.8 Å². The fourth-order valence-corrected chi connectivity index (χ4v) is 5.18. The lowest BCUT2D eigenvalue weighted by Crippen LogP contribution is -2.63. The van der Waals surface area contributed by atoms with Crippen molar-refractivity contribution in [1.82, 2.24) is 15.3 Å². The lowest BCUT2D eigenvalue weighted by Gasteiger charge is -2.53. The Hall–Kier alpha value is -2.92. The van der Waals surface area contributed by atoms with Crippen LogP contribution < -0.4 is 10.1 Å². The van der Waals surface area contributed by atoms with Crippen molar-refractivity contribution >= 4 is 17.1 Å². The third-order valence-corrected chi connectivity index (χ3v) is 7.28. The average molecular weight is 495 g/mol. The van der Waals surface area contributed by atoms with E-state index in [-0.39, 0.29) is 17.2 Å². The summed E-state index contributed by atoms with van der Waals surface area (Å²) in [7, 11) is 0. The summed E-state index contributed by atoms with van der Waals surface area (Å²) in [6, 6.07) is 6.05. The molecule has 36 heavy (non-hydrogen) atoms. The third-order valence-electron chi connectivity index (χ3n) is 7.28. The van der Waals surface area contributed by atoms with E-state index < -0.39 is 5.60 Å². The summed E-state index contributed by atoms with van der Waals surface area (Å²) in [4.78, 5) is 21.6. The number of carbonyl (C=O) groups is 1. The molecular weight excluding hydrogens is 456 g/mol. The van der Waals surface area contributed by atoms with Crippen LogP contribution in [-0.4, -0.2) is 46.0 Å². The summed E-state index contributed by atoms with van der Waals surface area (Å²) in [5.41, 5.74) is 1.78. The predicted octanol–water partition coefficient (Wildman–Crippen LogP) is 5.61. The molecule has 2 aliphatic heterocycles. The van der Waals surface area contributed by atoms with Gasteiger partial charge in [0.1, 0.15) is 11.7 Å². The van der Waals surface area contributed by atoms with E-state index in [1.54, 1.807) is 6.20 Å². The molecule has 194 valence electrons. The van der Waals surface area contributed by atoms with Crippen molar-refractivity contribution in [1.29, 1.82) is 5.26 Å². The number of nitrogens with one attached hydrogen (secondary N) is 1. The first-order valence-electron chi connectivity index (χ1n) is 13.1. The molecule has 0 atom stereocenters. The van der Waals surface area contributed by atoms with Crippen molar-refractivity contribution in [2.75, 3.05) is 13.2 Å². The Balaban J connectivity index is 1.44. The number of alkyl carbamates (subject to hydrolysis) is 1. The molecule has 2 aromatic heterocycles. The fraction of sp³-hybridized carbons (Fsp3) is 0.643. The number of carbonyl (C=O) groups excluding carboxylic acids is 1. The quantitative estimate of drug-likeness (QED) is 0.452. The maximum absolute atomic E-state index is 12.4. The minimum Gasteiger partial charge on any atom is -0.478 e. The van der Waals surface area contributed by atoms with Crippen LogP contribution in [0.4, 0.5) is 4.79 Å². The highest BCUT2D eigenvalue weighted by atomic mass is 16.6. The Bertz CT molecular complexity index is 1110. The molecule has 1 saturated carbocycles. The van der Waals surface area contributed by atoms with E-state index >= 15 is 0 Å². The number of fused-ring (bicyclic) bond motifs is 4.